The van der Waals surface area contributed by atoms with Crippen LogP contribution in [0.15, 0.2) is 48.8 Å². The number of pyridine rings is 2. The summed E-state index contributed by atoms with van der Waals surface area (Å²) in [5.74, 6) is 0.560. The van der Waals surface area contributed by atoms with Crippen LogP contribution in [0.25, 0.3) is 10.9 Å². The Hall–Kier alpha value is -2.57. The van der Waals surface area contributed by atoms with Crippen molar-refractivity contribution in [3.63, 3.8) is 0 Å². The third kappa shape index (κ3) is 4.14. The van der Waals surface area contributed by atoms with Gasteiger partial charge in [0.2, 0.25) is 5.91 Å². The highest BCUT2D eigenvalue weighted by Crippen LogP contribution is 2.55. The van der Waals surface area contributed by atoms with E-state index >= 15 is 0 Å². The number of fused-ring (bicyclic) bond motifs is 2. The molecule has 5 rings (SSSR count). The van der Waals surface area contributed by atoms with Crippen LogP contribution in [0.2, 0.25) is 5.15 Å². The van der Waals surface area contributed by atoms with Gasteiger partial charge in [-0.05, 0) is 85.4 Å². The van der Waals surface area contributed by atoms with E-state index in [1.165, 1.54) is 12.3 Å². The first-order valence-electron chi connectivity index (χ1n) is 10.6. The molecule has 2 N–H and O–H groups in total. The van der Waals surface area contributed by atoms with Crippen molar-refractivity contribution in [1.29, 1.82) is 0 Å². The normalized spacial score (nSPS) is 27.4. The molecule has 2 aromatic heterocycles. The average Bonchev–Trinajstić information content (AvgIpc) is 3.23. The van der Waals surface area contributed by atoms with Crippen molar-refractivity contribution in [2.24, 2.45) is 11.8 Å². The van der Waals surface area contributed by atoms with Crippen molar-refractivity contribution in [3.8, 4) is 0 Å². The Labute approximate surface area is 184 Å². The molecule has 0 spiro atoms. The number of nitrogens with zero attached hydrogens (tertiary/aromatic N) is 2. The topological polar surface area (TPSA) is 75.1 Å². The summed E-state index contributed by atoms with van der Waals surface area (Å²) < 4.78 is 13.8. The number of hydrogen-bond donors (Lipinski definition) is 2. The van der Waals surface area contributed by atoms with Crippen LogP contribution >= 0.6 is 11.6 Å². The van der Waals surface area contributed by atoms with Gasteiger partial charge in [-0.2, -0.15) is 0 Å². The van der Waals surface area contributed by atoms with E-state index in [1.54, 1.807) is 30.5 Å². The molecule has 0 aliphatic heterocycles. The molecule has 2 aliphatic carbocycles. The molecule has 7 heteroatoms. The van der Waals surface area contributed by atoms with E-state index in [-0.39, 0.29) is 18.1 Å². The number of benzene rings is 1. The molecule has 5 nitrogen and oxygen atoms in total. The van der Waals surface area contributed by atoms with Crippen LogP contribution in [-0.4, -0.2) is 26.6 Å². The summed E-state index contributed by atoms with van der Waals surface area (Å²) in [5, 5.41) is 15.1. The summed E-state index contributed by atoms with van der Waals surface area (Å²) in [5.41, 5.74) is 1.51. The summed E-state index contributed by atoms with van der Waals surface area (Å²) in [4.78, 5) is 20.8. The van der Waals surface area contributed by atoms with Crippen LogP contribution in [0.3, 0.4) is 0 Å². The molecule has 0 saturated heterocycles. The van der Waals surface area contributed by atoms with E-state index in [1.807, 2.05) is 6.07 Å². The molecule has 2 fully saturated rings. The lowest BCUT2D eigenvalue weighted by molar-refractivity contribution is -0.121. The predicted octanol–water partition coefficient (Wildman–Crippen LogP) is 5.09. The largest absolute Gasteiger partial charge is 0.389 e. The highest BCUT2D eigenvalue weighted by Gasteiger charge is 2.49. The number of anilines is 1. The third-order valence-corrected chi connectivity index (χ3v) is 7.03. The first-order valence-corrected chi connectivity index (χ1v) is 10.9. The highest BCUT2D eigenvalue weighted by molar-refractivity contribution is 6.29. The molecule has 3 aromatic rings. The number of aromatic nitrogens is 2. The summed E-state index contributed by atoms with van der Waals surface area (Å²) >= 11 is 5.77. The van der Waals surface area contributed by atoms with Crippen LogP contribution in [0, 0.1) is 17.7 Å². The molecule has 1 amide bonds. The van der Waals surface area contributed by atoms with Crippen molar-refractivity contribution >= 4 is 34.1 Å². The second-order valence-electron chi connectivity index (χ2n) is 8.98. The lowest BCUT2D eigenvalue weighted by Crippen LogP contribution is -2.32. The molecule has 1 unspecified atom stereocenters. The van der Waals surface area contributed by atoms with E-state index in [0.717, 1.165) is 29.3 Å². The van der Waals surface area contributed by atoms with Crippen LogP contribution < -0.4 is 5.32 Å². The van der Waals surface area contributed by atoms with Crippen molar-refractivity contribution in [3.05, 3.63) is 65.3 Å². The Bertz CT molecular complexity index is 1120. The zero-order chi connectivity index (χ0) is 21.6. The number of halogens is 2. The summed E-state index contributed by atoms with van der Waals surface area (Å²) in [6.07, 6.45) is 6.44. The van der Waals surface area contributed by atoms with Gasteiger partial charge in [0.1, 0.15) is 11.0 Å². The Morgan fingerprint density at radius 3 is 2.65 bits per heavy atom. The number of aliphatic hydroxyl groups is 1. The minimum Gasteiger partial charge on any atom is -0.389 e. The number of rotatable bonds is 4. The molecule has 0 bridgehead atoms. The van der Waals surface area contributed by atoms with Crippen molar-refractivity contribution in [1.82, 2.24) is 9.97 Å². The van der Waals surface area contributed by atoms with Crippen LogP contribution in [0.1, 0.15) is 43.6 Å². The van der Waals surface area contributed by atoms with Gasteiger partial charge in [-0.3, -0.25) is 9.78 Å². The molecule has 1 aromatic carbocycles. The Morgan fingerprint density at radius 2 is 1.94 bits per heavy atom. The molecule has 2 heterocycles. The summed E-state index contributed by atoms with van der Waals surface area (Å²) in [6.45, 7) is 0. The van der Waals surface area contributed by atoms with E-state index in [9.17, 15) is 14.3 Å². The zero-order valence-corrected chi connectivity index (χ0v) is 17.6. The van der Waals surface area contributed by atoms with Crippen LogP contribution in [0.5, 0.6) is 0 Å². The van der Waals surface area contributed by atoms with Crippen LogP contribution in [-0.2, 0) is 4.79 Å². The standard InChI is InChI=1S/C24H23ClFN3O2/c25-22-4-2-18(13-28-22)29-23(30)12-24(31)10-15-7-14(8-16(15)11-24)19-5-6-27-21-3-1-17(26)9-20(19)21/h1-6,9,13-16,31H,7-8,10-12H2,(H,29,30)/t14-,15-,16+,24?. The van der Waals surface area contributed by atoms with Gasteiger partial charge in [0, 0.05) is 11.6 Å². The maximum absolute atomic E-state index is 13.8. The van der Waals surface area contributed by atoms with Gasteiger partial charge in [0.25, 0.3) is 0 Å². The molecule has 160 valence electrons. The maximum atomic E-state index is 13.8. The third-order valence-electron chi connectivity index (χ3n) is 6.80. The molecule has 31 heavy (non-hydrogen) atoms. The minimum absolute atomic E-state index is 0.0662. The van der Waals surface area contributed by atoms with Gasteiger partial charge in [-0.15, -0.1) is 0 Å². The number of nitrogens with one attached hydrogen (secondary N) is 1. The second kappa shape index (κ2) is 7.84. The fourth-order valence-electron chi connectivity index (χ4n) is 5.62. The molecular formula is C24H23ClFN3O2. The molecular weight excluding hydrogens is 417 g/mol. The minimum atomic E-state index is -0.989. The first kappa shape index (κ1) is 20.3. The highest BCUT2D eigenvalue weighted by atomic mass is 35.5. The summed E-state index contributed by atoms with van der Waals surface area (Å²) in [7, 11) is 0. The lowest BCUT2D eigenvalue weighted by Gasteiger charge is -2.24. The smallest absolute Gasteiger partial charge is 0.227 e. The fraction of sp³-hybridized carbons (Fsp3) is 0.375. The van der Waals surface area contributed by atoms with Gasteiger partial charge < -0.3 is 10.4 Å². The number of hydrogen-bond acceptors (Lipinski definition) is 4. The Kier molecular flexibility index (Phi) is 5.15. The predicted molar refractivity (Wildman–Crippen MR) is 117 cm³/mol. The lowest BCUT2D eigenvalue weighted by atomic mass is 9.87. The van der Waals surface area contributed by atoms with E-state index in [2.05, 4.69) is 15.3 Å². The SMILES string of the molecule is O=C(CC1(O)C[C@H]2C[C@@H](c3ccnc4ccc(F)cc34)C[C@H]2C1)Nc1ccc(Cl)nc1. The van der Waals surface area contributed by atoms with Crippen molar-refractivity contribution < 1.29 is 14.3 Å². The van der Waals surface area contributed by atoms with E-state index < -0.39 is 5.60 Å². The van der Waals surface area contributed by atoms with Crippen LogP contribution in [0.4, 0.5) is 10.1 Å². The molecule has 2 aliphatic rings. The maximum Gasteiger partial charge on any atom is 0.227 e. The Balaban J connectivity index is 1.25. The molecule has 0 radical (unpaired) electrons. The number of amides is 1. The van der Waals surface area contributed by atoms with Gasteiger partial charge in [0.15, 0.2) is 0 Å². The van der Waals surface area contributed by atoms with E-state index in [4.69, 9.17) is 11.6 Å². The average molecular weight is 440 g/mol. The number of carbonyl (C=O) groups excluding carboxylic acids is 1. The van der Waals surface area contributed by atoms with Crippen molar-refractivity contribution in [2.45, 2.75) is 43.6 Å². The van der Waals surface area contributed by atoms with Gasteiger partial charge >= 0.3 is 0 Å². The van der Waals surface area contributed by atoms with Gasteiger partial charge in [0.05, 0.1) is 29.4 Å². The Morgan fingerprint density at radius 1 is 1.16 bits per heavy atom. The van der Waals surface area contributed by atoms with Gasteiger partial charge in [-0.25, -0.2) is 9.37 Å². The first-order chi connectivity index (χ1) is 14.9. The van der Waals surface area contributed by atoms with Gasteiger partial charge in [-0.1, -0.05) is 11.6 Å². The van der Waals surface area contributed by atoms with E-state index in [0.29, 0.717) is 41.4 Å². The molecule has 2 saturated carbocycles. The molecule has 4 atom stereocenters. The number of carbonyl (C=O) groups is 1. The zero-order valence-electron chi connectivity index (χ0n) is 16.9. The monoisotopic (exact) mass is 439 g/mol. The second-order valence-corrected chi connectivity index (χ2v) is 9.36. The summed E-state index contributed by atoms with van der Waals surface area (Å²) in [6, 6.07) is 10.0. The van der Waals surface area contributed by atoms with Crippen molar-refractivity contribution in [2.75, 3.05) is 5.32 Å². The quantitative estimate of drug-likeness (QED) is 0.555. The fourth-order valence-corrected chi connectivity index (χ4v) is 5.73.